The second-order valence-corrected chi connectivity index (χ2v) is 6.93. The molecular weight excluding hydrogens is 464 g/mol. The molecule has 3 rings (SSSR count). The van der Waals surface area contributed by atoms with Gasteiger partial charge in [0.1, 0.15) is 0 Å². The van der Waals surface area contributed by atoms with E-state index in [1.165, 1.54) is 29.1 Å². The molecule has 0 aliphatic carbocycles. The number of nitrogens with two attached hydrogens (primary N) is 1. The lowest BCUT2D eigenvalue weighted by Gasteiger charge is -2.39. The summed E-state index contributed by atoms with van der Waals surface area (Å²) in [5.41, 5.74) is 3.92. The van der Waals surface area contributed by atoms with Crippen molar-refractivity contribution in [2.45, 2.75) is 12.4 Å². The third kappa shape index (κ3) is 6.44. The molecule has 0 radical (unpaired) electrons. The number of rotatable bonds is 5. The summed E-state index contributed by atoms with van der Waals surface area (Å²) in [7, 11) is 0. The number of hydrogen-bond donors (Lipinski definition) is 4. The van der Waals surface area contributed by atoms with Gasteiger partial charge in [0.15, 0.2) is 5.69 Å². The van der Waals surface area contributed by atoms with E-state index in [0.29, 0.717) is 13.1 Å². The number of aliphatic carboxylic acids is 1. The minimum Gasteiger partial charge on any atom is -0.475 e. The number of carboxylic acids is 1. The van der Waals surface area contributed by atoms with Gasteiger partial charge in [0.25, 0.3) is 5.91 Å². The van der Waals surface area contributed by atoms with Crippen LogP contribution >= 0.6 is 0 Å². The summed E-state index contributed by atoms with van der Waals surface area (Å²) in [4.78, 5) is 32.6. The minimum atomic E-state index is -5.08. The number of carbonyl (C=O) groups is 3. The van der Waals surface area contributed by atoms with Gasteiger partial charge in [0.05, 0.1) is 16.7 Å². The third-order valence-electron chi connectivity index (χ3n) is 4.54. The fourth-order valence-electron chi connectivity index (χ4n) is 2.57. The maximum atomic E-state index is 12.8. The van der Waals surface area contributed by atoms with Crippen molar-refractivity contribution < 1.29 is 45.8 Å². The molecule has 1 fully saturated rings. The smallest absolute Gasteiger partial charge is 0.475 e. The highest BCUT2D eigenvalue weighted by Gasteiger charge is 2.43. The summed E-state index contributed by atoms with van der Waals surface area (Å²) in [6.45, 7) is 0.813. The number of hydrogen-bond acceptors (Lipinski definition) is 5. The van der Waals surface area contributed by atoms with Gasteiger partial charge in [0, 0.05) is 25.8 Å². The molecule has 5 N–H and O–H groups in total. The number of nitrogens with zero attached hydrogens (tertiary/aromatic N) is 2. The van der Waals surface area contributed by atoms with Gasteiger partial charge in [-0.3, -0.25) is 9.59 Å². The molecule has 1 aliphatic heterocycles. The summed E-state index contributed by atoms with van der Waals surface area (Å²) in [6, 6.07) is 5.99. The van der Waals surface area contributed by atoms with Crippen molar-refractivity contribution in [1.29, 1.82) is 0 Å². The van der Waals surface area contributed by atoms with Crippen molar-refractivity contribution in [2.75, 3.05) is 19.6 Å². The quantitative estimate of drug-likeness (QED) is 0.476. The van der Waals surface area contributed by atoms with Crippen LogP contribution in [0.25, 0.3) is 5.69 Å². The van der Waals surface area contributed by atoms with E-state index >= 15 is 0 Å². The molecule has 15 heteroatoms. The standard InChI is InChI=1S/C16H16F3N5O2.C2HF3O2/c17-16(18,19)10-2-1-3-11(6-10)24-5-4-12(23-24)13(25)22-9-15(14(20)26)7-21-8-15;3-2(4,5)1(6)7/h1-6,21H,7-9H2,(H2,20,26)(H,22,25);(H,6,7). The highest BCUT2D eigenvalue weighted by Crippen LogP contribution is 2.30. The van der Waals surface area contributed by atoms with Crippen LogP contribution in [0.3, 0.4) is 0 Å². The van der Waals surface area contributed by atoms with Crippen LogP contribution in [-0.4, -0.2) is 58.5 Å². The Hall–Kier alpha value is -3.62. The first kappa shape index (κ1) is 25.6. The lowest BCUT2D eigenvalue weighted by atomic mass is 9.81. The Morgan fingerprint density at radius 2 is 1.76 bits per heavy atom. The Morgan fingerprint density at radius 3 is 2.21 bits per heavy atom. The van der Waals surface area contributed by atoms with E-state index in [0.717, 1.165) is 12.1 Å². The van der Waals surface area contributed by atoms with Gasteiger partial charge in [0.2, 0.25) is 5.91 Å². The van der Waals surface area contributed by atoms with E-state index in [2.05, 4.69) is 15.7 Å². The molecule has 180 valence electrons. The van der Waals surface area contributed by atoms with Crippen LogP contribution in [0.1, 0.15) is 16.1 Å². The molecule has 1 aromatic carbocycles. The van der Waals surface area contributed by atoms with E-state index in [1.807, 2.05) is 0 Å². The number of amides is 2. The summed E-state index contributed by atoms with van der Waals surface area (Å²) in [5.74, 6) is -3.80. The van der Waals surface area contributed by atoms with Gasteiger partial charge < -0.3 is 21.5 Å². The molecule has 1 aliphatic rings. The number of carbonyl (C=O) groups excluding carboxylic acids is 2. The van der Waals surface area contributed by atoms with E-state index in [1.54, 1.807) is 0 Å². The minimum absolute atomic E-state index is 0.0225. The number of halogens is 6. The molecule has 1 saturated heterocycles. The Balaban J connectivity index is 0.000000479. The number of primary amides is 1. The fourth-order valence-corrected chi connectivity index (χ4v) is 2.57. The first-order valence-electron chi connectivity index (χ1n) is 8.98. The fraction of sp³-hybridized carbons (Fsp3) is 0.333. The van der Waals surface area contributed by atoms with Gasteiger partial charge in [-0.25, -0.2) is 9.48 Å². The number of nitrogens with one attached hydrogen (secondary N) is 2. The first-order valence-corrected chi connectivity index (χ1v) is 8.98. The zero-order chi connectivity index (χ0) is 25.0. The topological polar surface area (TPSA) is 139 Å². The van der Waals surface area contributed by atoms with Crippen molar-refractivity contribution in [3.8, 4) is 5.69 Å². The summed E-state index contributed by atoms with van der Waals surface area (Å²) < 4.78 is 71.3. The number of aromatic nitrogens is 2. The summed E-state index contributed by atoms with van der Waals surface area (Å²) in [5, 5.41) is 16.6. The second kappa shape index (κ2) is 9.48. The predicted molar refractivity (Wildman–Crippen MR) is 99.1 cm³/mol. The maximum Gasteiger partial charge on any atom is 0.490 e. The molecule has 0 spiro atoms. The van der Waals surface area contributed by atoms with Gasteiger partial charge >= 0.3 is 18.3 Å². The largest absolute Gasteiger partial charge is 0.490 e. The van der Waals surface area contributed by atoms with E-state index in [4.69, 9.17) is 15.6 Å². The van der Waals surface area contributed by atoms with Crippen molar-refractivity contribution in [2.24, 2.45) is 11.1 Å². The Morgan fingerprint density at radius 1 is 1.15 bits per heavy atom. The molecule has 2 amide bonds. The predicted octanol–water partition coefficient (Wildman–Crippen LogP) is 1.33. The molecule has 2 aromatic rings. The van der Waals surface area contributed by atoms with Crippen molar-refractivity contribution in [1.82, 2.24) is 20.4 Å². The lowest BCUT2D eigenvalue weighted by Crippen LogP contribution is -2.65. The Labute approximate surface area is 181 Å². The van der Waals surface area contributed by atoms with Gasteiger partial charge in [-0.1, -0.05) is 6.07 Å². The molecule has 0 saturated carbocycles. The Kier molecular flexibility index (Phi) is 7.36. The van der Waals surface area contributed by atoms with Crippen LogP contribution in [-0.2, 0) is 15.8 Å². The lowest BCUT2D eigenvalue weighted by molar-refractivity contribution is -0.192. The molecule has 0 atom stereocenters. The van der Waals surface area contributed by atoms with Gasteiger partial charge in [-0.05, 0) is 24.3 Å². The van der Waals surface area contributed by atoms with Crippen molar-refractivity contribution in [3.05, 3.63) is 47.8 Å². The summed E-state index contributed by atoms with van der Waals surface area (Å²) in [6.07, 6.45) is -8.16. The molecule has 0 unspecified atom stereocenters. The van der Waals surface area contributed by atoms with Crippen LogP contribution in [0.2, 0.25) is 0 Å². The van der Waals surface area contributed by atoms with Gasteiger partial charge in [-0.2, -0.15) is 31.4 Å². The van der Waals surface area contributed by atoms with Crippen LogP contribution in [0, 0.1) is 5.41 Å². The SMILES string of the molecule is NC(=O)C1(CNC(=O)c2ccn(-c3cccc(C(F)(F)F)c3)n2)CNC1.O=C(O)C(F)(F)F. The molecule has 9 nitrogen and oxygen atoms in total. The number of carboxylic acid groups (broad SMARTS) is 1. The average Bonchev–Trinajstić information content (AvgIpc) is 3.16. The van der Waals surface area contributed by atoms with E-state index in [9.17, 15) is 35.9 Å². The maximum absolute atomic E-state index is 12.8. The van der Waals surface area contributed by atoms with Crippen LogP contribution in [0.5, 0.6) is 0 Å². The number of alkyl halides is 6. The molecule has 33 heavy (non-hydrogen) atoms. The molecule has 1 aromatic heterocycles. The number of benzene rings is 1. The van der Waals surface area contributed by atoms with Crippen LogP contribution < -0.4 is 16.4 Å². The van der Waals surface area contributed by atoms with Crippen LogP contribution in [0.4, 0.5) is 26.3 Å². The van der Waals surface area contributed by atoms with Crippen molar-refractivity contribution >= 4 is 17.8 Å². The zero-order valence-electron chi connectivity index (χ0n) is 16.5. The first-order chi connectivity index (χ1) is 15.2. The van der Waals surface area contributed by atoms with E-state index < -0.39 is 41.1 Å². The van der Waals surface area contributed by atoms with Gasteiger partial charge in [-0.15, -0.1) is 0 Å². The third-order valence-corrected chi connectivity index (χ3v) is 4.54. The summed E-state index contributed by atoms with van der Waals surface area (Å²) >= 11 is 0. The normalized spacial score (nSPS) is 15.0. The highest BCUT2D eigenvalue weighted by molar-refractivity contribution is 5.93. The molecular formula is C18H17F6N5O4. The van der Waals surface area contributed by atoms with Crippen molar-refractivity contribution in [3.63, 3.8) is 0 Å². The zero-order valence-corrected chi connectivity index (χ0v) is 16.5. The van der Waals surface area contributed by atoms with Crippen LogP contribution in [0.15, 0.2) is 36.5 Å². The highest BCUT2D eigenvalue weighted by atomic mass is 19.4. The monoisotopic (exact) mass is 481 g/mol. The molecule has 0 bridgehead atoms. The van der Waals surface area contributed by atoms with E-state index in [-0.39, 0.29) is 17.9 Å². The average molecular weight is 481 g/mol. The Bertz CT molecular complexity index is 1030. The second-order valence-electron chi connectivity index (χ2n) is 6.93. The molecule has 2 heterocycles.